The molecule has 0 saturated carbocycles. The van der Waals surface area contributed by atoms with Crippen molar-refractivity contribution in [3.05, 3.63) is 65.2 Å². The second kappa shape index (κ2) is 4.18. The summed E-state index contributed by atoms with van der Waals surface area (Å²) in [6.45, 7) is 2.10. The van der Waals surface area contributed by atoms with Crippen LogP contribution in [-0.4, -0.2) is 0 Å². The number of nitrogen functional groups attached to an aromatic ring is 1. The van der Waals surface area contributed by atoms with Crippen molar-refractivity contribution in [2.45, 2.75) is 13.3 Å². The summed E-state index contributed by atoms with van der Waals surface area (Å²) < 4.78 is 0. The molecule has 76 valence electrons. The molecule has 0 unspecified atom stereocenters. The van der Waals surface area contributed by atoms with E-state index < -0.39 is 0 Å². The summed E-state index contributed by atoms with van der Waals surface area (Å²) >= 11 is 0. The van der Waals surface area contributed by atoms with Crippen molar-refractivity contribution < 1.29 is 0 Å². The lowest BCUT2D eigenvalue weighted by molar-refractivity contribution is 1.19. The Labute approximate surface area is 90.6 Å². The van der Waals surface area contributed by atoms with E-state index in [1.54, 1.807) is 0 Å². The Morgan fingerprint density at radius 3 is 1.80 bits per heavy atom. The molecule has 0 aliphatic carbocycles. The van der Waals surface area contributed by atoms with Crippen LogP contribution in [0.5, 0.6) is 0 Å². The van der Waals surface area contributed by atoms with Crippen molar-refractivity contribution in [1.82, 2.24) is 0 Å². The number of hydrogen-bond donors (Lipinski definition) is 1. The van der Waals surface area contributed by atoms with Gasteiger partial charge in [-0.2, -0.15) is 0 Å². The fraction of sp³-hybridized carbons (Fsp3) is 0.143. The van der Waals surface area contributed by atoms with Crippen LogP contribution < -0.4 is 5.73 Å². The largest absolute Gasteiger partial charge is 0.399 e. The third-order valence-corrected chi connectivity index (χ3v) is 2.51. The van der Waals surface area contributed by atoms with E-state index >= 15 is 0 Å². The van der Waals surface area contributed by atoms with Gasteiger partial charge in [-0.05, 0) is 36.6 Å². The zero-order valence-electron chi connectivity index (χ0n) is 8.90. The van der Waals surface area contributed by atoms with Gasteiger partial charge < -0.3 is 5.73 Å². The molecule has 0 atom stereocenters. The summed E-state index contributed by atoms with van der Waals surface area (Å²) in [5.74, 6) is 0. The maximum absolute atomic E-state index is 5.64. The molecule has 15 heavy (non-hydrogen) atoms. The first-order valence-corrected chi connectivity index (χ1v) is 5.14. The van der Waals surface area contributed by atoms with Crippen molar-refractivity contribution >= 4 is 5.69 Å². The average Bonchev–Trinajstić information content (AvgIpc) is 2.25. The van der Waals surface area contributed by atoms with Crippen LogP contribution in [0.25, 0.3) is 0 Å². The van der Waals surface area contributed by atoms with Gasteiger partial charge in [-0.15, -0.1) is 0 Å². The number of anilines is 1. The Balaban J connectivity index is 2.15. The zero-order valence-corrected chi connectivity index (χ0v) is 8.90. The lowest BCUT2D eigenvalue weighted by atomic mass is 10.0. The first-order valence-electron chi connectivity index (χ1n) is 5.14. The van der Waals surface area contributed by atoms with E-state index in [1.807, 2.05) is 12.1 Å². The van der Waals surface area contributed by atoms with Crippen molar-refractivity contribution in [3.8, 4) is 0 Å². The van der Waals surface area contributed by atoms with Crippen LogP contribution >= 0.6 is 0 Å². The zero-order chi connectivity index (χ0) is 10.7. The SMILES string of the molecule is Cc1ccc(Cc2ccc(N)cc2)cc1. The smallest absolute Gasteiger partial charge is 0.0314 e. The Morgan fingerprint density at radius 1 is 0.800 bits per heavy atom. The second-order valence-corrected chi connectivity index (χ2v) is 3.90. The van der Waals surface area contributed by atoms with E-state index in [-0.39, 0.29) is 0 Å². The van der Waals surface area contributed by atoms with Crippen LogP contribution in [0.1, 0.15) is 16.7 Å². The minimum atomic E-state index is 0.822. The van der Waals surface area contributed by atoms with E-state index in [0.717, 1.165) is 12.1 Å². The maximum Gasteiger partial charge on any atom is 0.0314 e. The van der Waals surface area contributed by atoms with Crippen molar-refractivity contribution in [3.63, 3.8) is 0 Å². The summed E-state index contributed by atoms with van der Waals surface area (Å²) in [4.78, 5) is 0. The molecule has 0 bridgehead atoms. The Morgan fingerprint density at radius 2 is 1.27 bits per heavy atom. The Hall–Kier alpha value is -1.76. The first kappa shape index (κ1) is 9.78. The third-order valence-electron chi connectivity index (χ3n) is 2.51. The molecule has 0 aromatic heterocycles. The van der Waals surface area contributed by atoms with Crippen LogP contribution in [0.15, 0.2) is 48.5 Å². The van der Waals surface area contributed by atoms with Crippen LogP contribution in [0, 0.1) is 6.92 Å². The van der Waals surface area contributed by atoms with Gasteiger partial charge in [0.25, 0.3) is 0 Å². The Kier molecular flexibility index (Phi) is 2.72. The van der Waals surface area contributed by atoms with E-state index in [4.69, 9.17) is 5.73 Å². The maximum atomic E-state index is 5.64. The highest BCUT2D eigenvalue weighted by atomic mass is 14.5. The molecule has 0 saturated heterocycles. The lowest BCUT2D eigenvalue weighted by Crippen LogP contribution is -1.89. The Bertz CT molecular complexity index is 382. The van der Waals surface area contributed by atoms with E-state index in [0.29, 0.717) is 0 Å². The van der Waals surface area contributed by atoms with Crippen molar-refractivity contribution in [1.29, 1.82) is 0 Å². The van der Waals surface area contributed by atoms with Gasteiger partial charge in [-0.25, -0.2) is 0 Å². The highest BCUT2D eigenvalue weighted by molar-refractivity contribution is 5.40. The van der Waals surface area contributed by atoms with Gasteiger partial charge in [0.1, 0.15) is 0 Å². The summed E-state index contributed by atoms with van der Waals surface area (Å²) in [5, 5.41) is 0. The summed E-state index contributed by atoms with van der Waals surface area (Å²) in [6.07, 6.45) is 0.973. The minimum absolute atomic E-state index is 0.822. The third kappa shape index (κ3) is 2.59. The van der Waals surface area contributed by atoms with Crippen LogP contribution in [0.3, 0.4) is 0 Å². The number of benzene rings is 2. The quantitative estimate of drug-likeness (QED) is 0.735. The predicted molar refractivity (Wildman–Crippen MR) is 64.8 cm³/mol. The molecular formula is C14H15N. The molecule has 0 aliphatic heterocycles. The highest BCUT2D eigenvalue weighted by Gasteiger charge is 1.95. The number of aryl methyl sites for hydroxylation is 1. The summed E-state index contributed by atoms with van der Waals surface area (Å²) in [5.41, 5.74) is 10.4. The molecule has 0 amide bonds. The van der Waals surface area contributed by atoms with E-state index in [2.05, 4.69) is 43.3 Å². The van der Waals surface area contributed by atoms with Crippen molar-refractivity contribution in [2.24, 2.45) is 0 Å². The molecule has 2 aromatic rings. The molecule has 0 fully saturated rings. The molecule has 1 heteroatoms. The molecule has 0 radical (unpaired) electrons. The molecule has 0 spiro atoms. The van der Waals surface area contributed by atoms with Gasteiger partial charge in [0.15, 0.2) is 0 Å². The number of hydrogen-bond acceptors (Lipinski definition) is 1. The van der Waals surface area contributed by atoms with Crippen molar-refractivity contribution in [2.75, 3.05) is 5.73 Å². The monoisotopic (exact) mass is 197 g/mol. The summed E-state index contributed by atoms with van der Waals surface area (Å²) in [7, 11) is 0. The number of rotatable bonds is 2. The van der Waals surface area contributed by atoms with Gasteiger partial charge >= 0.3 is 0 Å². The van der Waals surface area contributed by atoms with E-state index in [1.165, 1.54) is 16.7 Å². The second-order valence-electron chi connectivity index (χ2n) is 3.90. The van der Waals surface area contributed by atoms with Gasteiger partial charge in [0, 0.05) is 5.69 Å². The molecule has 0 aliphatic rings. The topological polar surface area (TPSA) is 26.0 Å². The minimum Gasteiger partial charge on any atom is -0.399 e. The molecular weight excluding hydrogens is 182 g/mol. The molecule has 2 aromatic carbocycles. The van der Waals surface area contributed by atoms with Gasteiger partial charge in [-0.1, -0.05) is 42.0 Å². The fourth-order valence-corrected chi connectivity index (χ4v) is 1.58. The fourth-order valence-electron chi connectivity index (χ4n) is 1.58. The standard InChI is InChI=1S/C14H15N/c1-11-2-4-12(5-3-11)10-13-6-8-14(15)9-7-13/h2-9H,10,15H2,1H3. The lowest BCUT2D eigenvalue weighted by Gasteiger charge is -2.02. The van der Waals surface area contributed by atoms with Gasteiger partial charge in [0.05, 0.1) is 0 Å². The number of nitrogens with two attached hydrogens (primary N) is 1. The highest BCUT2D eigenvalue weighted by Crippen LogP contribution is 2.12. The van der Waals surface area contributed by atoms with Crippen LogP contribution in [0.2, 0.25) is 0 Å². The van der Waals surface area contributed by atoms with Gasteiger partial charge in [0.2, 0.25) is 0 Å². The summed E-state index contributed by atoms with van der Waals surface area (Å²) in [6, 6.07) is 16.7. The van der Waals surface area contributed by atoms with Crippen LogP contribution in [0.4, 0.5) is 5.69 Å². The average molecular weight is 197 g/mol. The molecule has 0 heterocycles. The molecule has 1 nitrogen and oxygen atoms in total. The van der Waals surface area contributed by atoms with Gasteiger partial charge in [-0.3, -0.25) is 0 Å². The normalized spacial score (nSPS) is 10.2. The van der Waals surface area contributed by atoms with E-state index in [9.17, 15) is 0 Å². The molecule has 2 rings (SSSR count). The van der Waals surface area contributed by atoms with Crippen LogP contribution in [-0.2, 0) is 6.42 Å². The first-order chi connectivity index (χ1) is 7.24. The molecule has 2 N–H and O–H groups in total. The predicted octanol–water partition coefficient (Wildman–Crippen LogP) is 3.17.